The minimum Gasteiger partial charge on any atom is -0.508 e. The summed E-state index contributed by atoms with van der Waals surface area (Å²) in [5, 5.41) is 18.3. The molecule has 2 nitrogen and oxygen atoms in total. The monoisotopic (exact) mass is 246 g/mol. The van der Waals surface area contributed by atoms with Crippen LogP contribution in [0.3, 0.4) is 0 Å². The van der Waals surface area contributed by atoms with Crippen LogP contribution in [0.15, 0.2) is 42.5 Å². The lowest BCUT2D eigenvalue weighted by Gasteiger charge is -2.12. The Kier molecular flexibility index (Phi) is 3.51. The Morgan fingerprint density at radius 3 is 2.33 bits per heavy atom. The fraction of sp³-hybridized carbons (Fsp3) is 0.200. The molecule has 2 aromatic rings. The molecule has 3 heteroatoms. The van der Waals surface area contributed by atoms with Crippen molar-refractivity contribution in [2.45, 2.75) is 19.3 Å². The molecule has 0 aliphatic heterocycles. The quantitative estimate of drug-likeness (QED) is 0.869. The van der Waals surface area contributed by atoms with E-state index in [4.69, 9.17) is 5.11 Å². The molecule has 1 unspecified atom stereocenters. The molecule has 2 rings (SSSR count). The first kappa shape index (κ1) is 12.4. The van der Waals surface area contributed by atoms with Crippen molar-refractivity contribution in [3.05, 3.63) is 59.4 Å². The zero-order valence-electron chi connectivity index (χ0n) is 10.1. The Bertz CT molecular complexity index is 535. The summed E-state index contributed by atoms with van der Waals surface area (Å²) < 4.78 is 13.2. The number of benzene rings is 2. The summed E-state index contributed by atoms with van der Waals surface area (Å²) in [6.07, 6.45) is 0.683. The molecular weight excluding hydrogens is 231 g/mol. The molecule has 0 amide bonds. The smallest absolute Gasteiger partial charge is 0.165 e. The Hall–Kier alpha value is -2.03. The molecule has 1 atom stereocenters. The highest BCUT2D eigenvalue weighted by Gasteiger charge is 2.08. The van der Waals surface area contributed by atoms with Crippen molar-refractivity contribution in [3.63, 3.8) is 0 Å². The van der Waals surface area contributed by atoms with E-state index in [1.165, 1.54) is 12.1 Å². The summed E-state index contributed by atoms with van der Waals surface area (Å²) >= 11 is 0. The van der Waals surface area contributed by atoms with Gasteiger partial charge in [0.05, 0.1) is 0 Å². The van der Waals surface area contributed by atoms with Gasteiger partial charge in [-0.05, 0) is 47.7 Å². The van der Waals surface area contributed by atoms with Crippen molar-refractivity contribution in [1.82, 2.24) is 0 Å². The maximum absolute atomic E-state index is 13.2. The van der Waals surface area contributed by atoms with E-state index in [9.17, 15) is 9.50 Å². The van der Waals surface area contributed by atoms with Crippen molar-refractivity contribution < 1.29 is 14.6 Å². The standard InChI is InChI=1S/C15H15FO2/c1-10(12-3-5-13(17)6-4-12)8-11-2-7-15(18)14(16)9-11/h2-7,9-10,17-18H,8H2,1H3. The molecule has 0 heterocycles. The van der Waals surface area contributed by atoms with Crippen LogP contribution in [-0.4, -0.2) is 10.2 Å². The van der Waals surface area contributed by atoms with Crippen LogP contribution in [-0.2, 0) is 6.42 Å². The summed E-state index contributed by atoms with van der Waals surface area (Å²) in [5.41, 5.74) is 1.92. The van der Waals surface area contributed by atoms with Crippen molar-refractivity contribution in [2.75, 3.05) is 0 Å². The number of aromatic hydroxyl groups is 2. The van der Waals surface area contributed by atoms with Crippen molar-refractivity contribution in [2.24, 2.45) is 0 Å². The van der Waals surface area contributed by atoms with E-state index < -0.39 is 5.82 Å². The van der Waals surface area contributed by atoms with Gasteiger partial charge in [0.2, 0.25) is 0 Å². The van der Waals surface area contributed by atoms with Gasteiger partial charge in [0.25, 0.3) is 0 Å². The number of phenols is 2. The van der Waals surface area contributed by atoms with Gasteiger partial charge < -0.3 is 10.2 Å². The van der Waals surface area contributed by atoms with Gasteiger partial charge in [-0.15, -0.1) is 0 Å². The summed E-state index contributed by atoms with van der Waals surface area (Å²) in [6.45, 7) is 2.04. The normalized spacial score (nSPS) is 12.3. The van der Waals surface area contributed by atoms with Crippen molar-refractivity contribution in [1.29, 1.82) is 0 Å². The molecule has 0 fully saturated rings. The fourth-order valence-electron chi connectivity index (χ4n) is 1.95. The third kappa shape index (κ3) is 2.80. The van der Waals surface area contributed by atoms with Crippen LogP contribution in [0, 0.1) is 5.82 Å². The van der Waals surface area contributed by atoms with Gasteiger partial charge in [-0.3, -0.25) is 0 Å². The Morgan fingerprint density at radius 1 is 1.06 bits per heavy atom. The van der Waals surface area contributed by atoms with Gasteiger partial charge >= 0.3 is 0 Å². The SMILES string of the molecule is CC(Cc1ccc(O)c(F)c1)c1ccc(O)cc1. The zero-order chi connectivity index (χ0) is 13.1. The van der Waals surface area contributed by atoms with Crippen LogP contribution in [0.5, 0.6) is 11.5 Å². The fourth-order valence-corrected chi connectivity index (χ4v) is 1.95. The summed E-state index contributed by atoms with van der Waals surface area (Å²) in [5.74, 6) is -0.461. The minimum atomic E-state index is -0.592. The molecule has 0 saturated heterocycles. The second kappa shape index (κ2) is 5.08. The first-order valence-electron chi connectivity index (χ1n) is 5.82. The summed E-state index contributed by atoms with van der Waals surface area (Å²) in [7, 11) is 0. The van der Waals surface area contributed by atoms with E-state index in [0.29, 0.717) is 6.42 Å². The number of halogens is 1. The molecule has 18 heavy (non-hydrogen) atoms. The molecule has 0 bridgehead atoms. The highest BCUT2D eigenvalue weighted by molar-refractivity contribution is 5.32. The Morgan fingerprint density at radius 2 is 1.72 bits per heavy atom. The highest BCUT2D eigenvalue weighted by atomic mass is 19.1. The summed E-state index contributed by atoms with van der Waals surface area (Å²) in [4.78, 5) is 0. The molecular formula is C15H15FO2. The Labute approximate surface area is 105 Å². The van der Waals surface area contributed by atoms with Crippen LogP contribution in [0.25, 0.3) is 0 Å². The lowest BCUT2D eigenvalue weighted by molar-refractivity contribution is 0.431. The maximum atomic E-state index is 13.2. The average Bonchev–Trinajstić information content (AvgIpc) is 2.34. The average molecular weight is 246 g/mol. The predicted octanol–water partition coefficient (Wildman–Crippen LogP) is 3.58. The van der Waals surface area contributed by atoms with E-state index in [1.54, 1.807) is 18.2 Å². The lowest BCUT2D eigenvalue weighted by atomic mass is 9.93. The molecule has 0 aromatic heterocycles. The summed E-state index contributed by atoms with van der Waals surface area (Å²) in [6, 6.07) is 11.4. The first-order valence-corrected chi connectivity index (χ1v) is 5.82. The van der Waals surface area contributed by atoms with E-state index >= 15 is 0 Å². The first-order chi connectivity index (χ1) is 8.56. The molecule has 0 aliphatic rings. The van der Waals surface area contributed by atoms with E-state index in [2.05, 4.69) is 0 Å². The molecule has 2 aromatic carbocycles. The van der Waals surface area contributed by atoms with Crippen LogP contribution >= 0.6 is 0 Å². The van der Waals surface area contributed by atoms with Gasteiger partial charge in [0, 0.05) is 0 Å². The second-order valence-electron chi connectivity index (χ2n) is 4.48. The van der Waals surface area contributed by atoms with E-state index in [1.807, 2.05) is 19.1 Å². The molecule has 2 N–H and O–H groups in total. The number of rotatable bonds is 3. The molecule has 0 radical (unpaired) electrons. The minimum absolute atomic E-state index is 0.217. The van der Waals surface area contributed by atoms with Gasteiger partial charge in [0.15, 0.2) is 11.6 Å². The van der Waals surface area contributed by atoms with Crippen LogP contribution < -0.4 is 0 Å². The van der Waals surface area contributed by atoms with Gasteiger partial charge in [0.1, 0.15) is 5.75 Å². The van der Waals surface area contributed by atoms with Crippen molar-refractivity contribution >= 4 is 0 Å². The van der Waals surface area contributed by atoms with Crippen LogP contribution in [0.2, 0.25) is 0 Å². The largest absolute Gasteiger partial charge is 0.508 e. The topological polar surface area (TPSA) is 40.5 Å². The molecule has 0 aliphatic carbocycles. The van der Waals surface area contributed by atoms with Gasteiger partial charge in [-0.25, -0.2) is 4.39 Å². The van der Waals surface area contributed by atoms with Gasteiger partial charge in [-0.1, -0.05) is 25.1 Å². The number of hydrogen-bond acceptors (Lipinski definition) is 2. The zero-order valence-corrected chi connectivity index (χ0v) is 10.1. The predicted molar refractivity (Wildman–Crippen MR) is 68.3 cm³/mol. The van der Waals surface area contributed by atoms with Crippen molar-refractivity contribution in [3.8, 4) is 11.5 Å². The third-order valence-electron chi connectivity index (χ3n) is 3.02. The van der Waals surface area contributed by atoms with E-state index in [-0.39, 0.29) is 17.4 Å². The maximum Gasteiger partial charge on any atom is 0.165 e. The Balaban J connectivity index is 2.13. The lowest BCUT2D eigenvalue weighted by Crippen LogP contribution is -1.98. The van der Waals surface area contributed by atoms with Crippen LogP contribution in [0.4, 0.5) is 4.39 Å². The molecule has 0 spiro atoms. The van der Waals surface area contributed by atoms with E-state index in [0.717, 1.165) is 11.1 Å². The highest BCUT2D eigenvalue weighted by Crippen LogP contribution is 2.24. The van der Waals surface area contributed by atoms with Crippen LogP contribution in [0.1, 0.15) is 24.0 Å². The number of hydrogen-bond donors (Lipinski definition) is 2. The molecule has 94 valence electrons. The van der Waals surface area contributed by atoms with Gasteiger partial charge in [-0.2, -0.15) is 0 Å². The molecule has 0 saturated carbocycles. The third-order valence-corrected chi connectivity index (χ3v) is 3.02. The number of phenolic OH excluding ortho intramolecular Hbond substituents is 2. The second-order valence-corrected chi connectivity index (χ2v) is 4.48.